The van der Waals surface area contributed by atoms with E-state index in [1.54, 1.807) is 30.3 Å². The molecule has 4 amide bonds. The number of aromatic nitrogens is 1. The first-order valence-corrected chi connectivity index (χ1v) is 18.5. The van der Waals surface area contributed by atoms with Crippen LogP contribution in [0.1, 0.15) is 52.7 Å². The Labute approximate surface area is 333 Å². The topological polar surface area (TPSA) is 146 Å². The number of halogens is 5. The van der Waals surface area contributed by atoms with Crippen molar-refractivity contribution in [3.63, 3.8) is 0 Å². The first kappa shape index (κ1) is 38.2. The molecule has 0 bridgehead atoms. The third kappa shape index (κ3) is 5.87. The quantitative estimate of drug-likeness (QED) is 0.110. The van der Waals surface area contributed by atoms with E-state index in [4.69, 9.17) is 27.9 Å². The molecule has 2 aliphatic carbocycles. The highest BCUT2D eigenvalue weighted by molar-refractivity contribution is 6.33. The second-order valence-corrected chi connectivity index (χ2v) is 15.3. The molecule has 3 fully saturated rings. The second kappa shape index (κ2) is 13.7. The summed E-state index contributed by atoms with van der Waals surface area (Å²) < 4.78 is 46.0. The molecule has 8 rings (SSSR count). The van der Waals surface area contributed by atoms with Crippen molar-refractivity contribution in [2.75, 3.05) is 17.4 Å². The molecule has 3 aromatic carbocycles. The van der Waals surface area contributed by atoms with Gasteiger partial charge in [-0.25, -0.2) is 4.98 Å². The van der Waals surface area contributed by atoms with E-state index in [1.807, 2.05) is 0 Å². The molecular formula is C41H31Cl2F3N4O7. The summed E-state index contributed by atoms with van der Waals surface area (Å²) in [5.74, 6) is -8.28. The number of hydrazine groups is 1. The number of carbonyl (C=O) groups excluding carboxylic acids is 5. The van der Waals surface area contributed by atoms with E-state index >= 15 is 4.79 Å². The monoisotopic (exact) mass is 818 g/mol. The molecule has 1 saturated carbocycles. The number of hydrogen-bond acceptors (Lipinski definition) is 9. The predicted molar refractivity (Wildman–Crippen MR) is 200 cm³/mol. The van der Waals surface area contributed by atoms with Crippen molar-refractivity contribution in [3.05, 3.63) is 123 Å². The number of pyridine rings is 1. The van der Waals surface area contributed by atoms with Gasteiger partial charge in [0.15, 0.2) is 11.6 Å². The highest BCUT2D eigenvalue weighted by atomic mass is 35.5. The lowest BCUT2D eigenvalue weighted by molar-refractivity contribution is -0.139. The van der Waals surface area contributed by atoms with Gasteiger partial charge in [0, 0.05) is 28.3 Å². The molecule has 292 valence electrons. The van der Waals surface area contributed by atoms with Crippen LogP contribution in [0.5, 0.6) is 11.5 Å². The number of imide groups is 2. The number of methoxy groups -OCH3 is 1. The van der Waals surface area contributed by atoms with Crippen LogP contribution >= 0.6 is 23.2 Å². The van der Waals surface area contributed by atoms with Crippen molar-refractivity contribution in [2.45, 2.75) is 37.3 Å². The van der Waals surface area contributed by atoms with Gasteiger partial charge in [-0.15, -0.1) is 0 Å². The molecule has 57 heavy (non-hydrogen) atoms. The van der Waals surface area contributed by atoms with E-state index in [2.05, 4.69) is 10.4 Å². The molecule has 0 spiro atoms. The number of allylic oxidation sites excluding steroid dienone is 2. The lowest BCUT2D eigenvalue weighted by atomic mass is 9.49. The van der Waals surface area contributed by atoms with Gasteiger partial charge in [0.25, 0.3) is 11.8 Å². The number of carbonyl (C=O) groups is 5. The van der Waals surface area contributed by atoms with Crippen molar-refractivity contribution >= 4 is 64.1 Å². The zero-order valence-electron chi connectivity index (χ0n) is 30.0. The first-order chi connectivity index (χ1) is 27.1. The normalized spacial score (nSPS) is 25.5. The number of phenols is 1. The van der Waals surface area contributed by atoms with E-state index < -0.39 is 81.2 Å². The minimum Gasteiger partial charge on any atom is -0.508 e. The van der Waals surface area contributed by atoms with Gasteiger partial charge in [0.05, 0.1) is 46.6 Å². The maximum absolute atomic E-state index is 15.3. The number of ether oxygens (including phenoxy) is 1. The number of amides is 4. The van der Waals surface area contributed by atoms with Gasteiger partial charge < -0.3 is 9.84 Å². The molecule has 2 N–H and O–H groups in total. The lowest BCUT2D eigenvalue weighted by Gasteiger charge is -2.50. The number of nitrogens with zero attached hydrogens (tertiary/aromatic N) is 3. The van der Waals surface area contributed by atoms with Crippen LogP contribution in [-0.4, -0.2) is 51.6 Å². The molecular weight excluding hydrogens is 788 g/mol. The summed E-state index contributed by atoms with van der Waals surface area (Å²) in [4.78, 5) is 75.7. The van der Waals surface area contributed by atoms with Gasteiger partial charge in [0.1, 0.15) is 11.5 Å². The number of phenolic OH excluding ortho intramolecular Hbond substituents is 1. The Morgan fingerprint density at radius 2 is 1.65 bits per heavy atom. The van der Waals surface area contributed by atoms with E-state index in [1.165, 1.54) is 56.5 Å². The fourth-order valence-corrected chi connectivity index (χ4v) is 9.45. The molecule has 2 aliphatic heterocycles. The lowest BCUT2D eigenvalue weighted by Crippen LogP contribution is -2.53. The van der Waals surface area contributed by atoms with Crippen LogP contribution in [0.15, 0.2) is 90.6 Å². The Kier molecular flexibility index (Phi) is 9.19. The molecule has 0 radical (unpaired) electrons. The number of ketones is 1. The van der Waals surface area contributed by atoms with Gasteiger partial charge >= 0.3 is 6.18 Å². The summed E-state index contributed by atoms with van der Waals surface area (Å²) in [6.45, 7) is 1.40. The Bertz CT molecular complexity index is 2420. The molecule has 4 aliphatic rings. The van der Waals surface area contributed by atoms with Crippen molar-refractivity contribution in [3.8, 4) is 11.5 Å². The zero-order chi connectivity index (χ0) is 40.7. The van der Waals surface area contributed by atoms with Crippen molar-refractivity contribution in [1.82, 2.24) is 9.99 Å². The molecule has 1 aromatic heterocycles. The Hall–Kier alpha value is -5.73. The summed E-state index contributed by atoms with van der Waals surface area (Å²) in [6, 6.07) is 17.4. The minimum atomic E-state index is -4.78. The van der Waals surface area contributed by atoms with E-state index in [9.17, 15) is 37.5 Å². The second-order valence-electron chi connectivity index (χ2n) is 14.5. The Balaban J connectivity index is 1.31. The summed E-state index contributed by atoms with van der Waals surface area (Å²) in [5.41, 5.74) is 1.25. The average molecular weight is 820 g/mol. The molecule has 16 heteroatoms. The summed E-state index contributed by atoms with van der Waals surface area (Å²) in [6.07, 6.45) is -2.51. The molecule has 4 aromatic rings. The van der Waals surface area contributed by atoms with Crippen LogP contribution in [0.3, 0.4) is 0 Å². The first-order valence-electron chi connectivity index (χ1n) is 17.8. The van der Waals surface area contributed by atoms with E-state index in [-0.39, 0.29) is 35.6 Å². The van der Waals surface area contributed by atoms with E-state index in [0.29, 0.717) is 44.7 Å². The largest absolute Gasteiger partial charge is 0.508 e. The number of Topliss-reactive ketones (excluding diaryl/α,β-unsaturated/α-hetero) is 1. The van der Waals surface area contributed by atoms with Crippen LogP contribution in [0.4, 0.5) is 24.7 Å². The fraction of sp³-hybridized carbons (Fsp3) is 0.268. The zero-order valence-corrected chi connectivity index (χ0v) is 31.5. The number of alkyl halides is 3. The van der Waals surface area contributed by atoms with Crippen molar-refractivity contribution in [1.29, 1.82) is 0 Å². The highest BCUT2D eigenvalue weighted by Crippen LogP contribution is 2.65. The molecule has 11 nitrogen and oxygen atoms in total. The summed E-state index contributed by atoms with van der Waals surface area (Å²) in [7, 11) is 1.42. The molecule has 6 atom stereocenters. The fourth-order valence-electron chi connectivity index (χ4n) is 9.12. The number of anilines is 2. The summed E-state index contributed by atoms with van der Waals surface area (Å²) >= 11 is 12.6. The SMILES string of the molecule is COc1ccc(O)c(C2C3=CCC4C(=O)N(c5ccc(C(C)=O)cc5)C(=O)C4C3CC3C(=O)N(Nc4ncc(C(F)(F)F)cc4Cl)C(=O)C32c2ccc(Cl)cc2)c1. The third-order valence-corrected chi connectivity index (χ3v) is 12.2. The minimum absolute atomic E-state index is 0.0842. The van der Waals surface area contributed by atoms with Gasteiger partial charge in [-0.05, 0) is 91.9 Å². The number of fused-ring (bicyclic) bond motifs is 4. The van der Waals surface area contributed by atoms with Crippen LogP contribution < -0.4 is 15.1 Å². The number of nitrogens with one attached hydrogen (secondary N) is 1. The number of aromatic hydroxyl groups is 1. The van der Waals surface area contributed by atoms with Crippen LogP contribution in [0.2, 0.25) is 10.0 Å². The molecule has 6 unspecified atom stereocenters. The van der Waals surface area contributed by atoms with Crippen molar-refractivity contribution < 1.29 is 47.0 Å². The molecule has 3 heterocycles. The van der Waals surface area contributed by atoms with Crippen LogP contribution in [0, 0.1) is 23.7 Å². The van der Waals surface area contributed by atoms with E-state index in [0.717, 1.165) is 4.90 Å². The number of benzene rings is 3. The van der Waals surface area contributed by atoms with Crippen LogP contribution in [0.25, 0.3) is 0 Å². The molecule has 2 saturated heterocycles. The Morgan fingerprint density at radius 3 is 2.28 bits per heavy atom. The predicted octanol–water partition coefficient (Wildman–Crippen LogP) is 7.51. The standard InChI is InChI=1S/C41H31Cl2F3N4O7/c1-19(51)20-3-9-24(10-4-20)49-36(53)27-13-12-26-28(33(27)38(49)55)17-30-37(54)50(48-35-31(43)15-22(18-47-35)41(44,45)46)39(56)40(30,21-5-7-23(42)8-6-21)34(26)29-16-25(57-2)11-14-32(29)52/h3-12,14-16,18,27-28,30,33-34,52H,13,17H2,1-2H3,(H,47,48). The highest BCUT2D eigenvalue weighted by Gasteiger charge is 2.71. The van der Waals surface area contributed by atoms with Gasteiger partial charge in [-0.3, -0.25) is 34.3 Å². The van der Waals surface area contributed by atoms with Gasteiger partial charge in [-0.1, -0.05) is 47.0 Å². The maximum Gasteiger partial charge on any atom is 0.417 e. The third-order valence-electron chi connectivity index (χ3n) is 11.6. The Morgan fingerprint density at radius 1 is 0.947 bits per heavy atom. The van der Waals surface area contributed by atoms with Crippen molar-refractivity contribution in [2.24, 2.45) is 23.7 Å². The summed E-state index contributed by atoms with van der Waals surface area (Å²) in [5, 5.41) is 12.1. The average Bonchev–Trinajstić information content (AvgIpc) is 3.56. The smallest absolute Gasteiger partial charge is 0.417 e. The van der Waals surface area contributed by atoms with Gasteiger partial charge in [-0.2, -0.15) is 18.2 Å². The van der Waals surface area contributed by atoms with Crippen LogP contribution in [-0.2, 0) is 30.8 Å². The number of hydrogen-bond donors (Lipinski definition) is 2. The maximum atomic E-state index is 15.3. The number of rotatable bonds is 7. The van der Waals surface area contributed by atoms with Gasteiger partial charge in [0.2, 0.25) is 11.8 Å².